The lowest BCUT2D eigenvalue weighted by atomic mass is 10.1. The molecule has 3 rings (SSSR count). The fourth-order valence-corrected chi connectivity index (χ4v) is 3.19. The highest BCUT2D eigenvalue weighted by Gasteiger charge is 2.16. The number of benzene rings is 2. The summed E-state index contributed by atoms with van der Waals surface area (Å²) in [5, 5.41) is 3.50. The minimum atomic E-state index is -0.171. The summed E-state index contributed by atoms with van der Waals surface area (Å²) < 4.78 is 0.978. The first kappa shape index (κ1) is 16.0. The van der Waals surface area contributed by atoms with Gasteiger partial charge in [-0.15, -0.1) is 0 Å². The number of hydrogen-bond acceptors (Lipinski definition) is 2. The second kappa shape index (κ2) is 6.69. The molecule has 1 aliphatic heterocycles. The second-order valence-corrected chi connectivity index (χ2v) is 6.57. The van der Waals surface area contributed by atoms with E-state index >= 15 is 0 Å². The highest BCUT2D eigenvalue weighted by molar-refractivity contribution is 9.12. The average molecular weight is 390 g/mol. The van der Waals surface area contributed by atoms with Crippen molar-refractivity contribution in [3.05, 3.63) is 75.2 Å². The second-order valence-electron chi connectivity index (χ2n) is 5.27. The summed E-state index contributed by atoms with van der Waals surface area (Å²) in [6.45, 7) is 2.03. The summed E-state index contributed by atoms with van der Waals surface area (Å²) in [5.41, 5.74) is 3.16. The van der Waals surface area contributed by atoms with Crippen molar-refractivity contribution in [3.8, 4) is 0 Å². The molecule has 3 nitrogen and oxygen atoms in total. The van der Waals surface area contributed by atoms with Crippen LogP contribution in [0.1, 0.15) is 22.8 Å². The molecule has 0 saturated carbocycles. The Balaban J connectivity index is 1.81. The van der Waals surface area contributed by atoms with Crippen LogP contribution in [0.2, 0.25) is 5.02 Å². The summed E-state index contributed by atoms with van der Waals surface area (Å²) in [5.74, 6) is -0.171. The standard InChI is InChI=1S/C18H14BrClN2O/c1-11-9-16(19)17(21-11)13-3-2-4-15(10-13)22-18(23)12-5-7-14(20)8-6-12/h2-11H,1H3,(H,22,23). The van der Waals surface area contributed by atoms with E-state index in [2.05, 4.69) is 26.2 Å². The van der Waals surface area contributed by atoms with Crippen molar-refractivity contribution in [1.29, 1.82) is 0 Å². The molecule has 0 aromatic heterocycles. The lowest BCUT2D eigenvalue weighted by Crippen LogP contribution is -2.12. The van der Waals surface area contributed by atoms with Gasteiger partial charge in [0.15, 0.2) is 0 Å². The normalized spacial score (nSPS) is 16.7. The van der Waals surface area contributed by atoms with E-state index in [-0.39, 0.29) is 11.9 Å². The molecule has 0 saturated heterocycles. The predicted molar refractivity (Wildman–Crippen MR) is 98.9 cm³/mol. The minimum Gasteiger partial charge on any atom is -0.322 e. The maximum absolute atomic E-state index is 12.3. The Morgan fingerprint density at radius 2 is 1.96 bits per heavy atom. The Bertz CT molecular complexity index is 812. The Morgan fingerprint density at radius 3 is 2.61 bits per heavy atom. The van der Waals surface area contributed by atoms with E-state index < -0.39 is 0 Å². The van der Waals surface area contributed by atoms with E-state index in [0.29, 0.717) is 10.6 Å². The molecular formula is C18H14BrClN2O. The van der Waals surface area contributed by atoms with Gasteiger partial charge in [-0.25, -0.2) is 0 Å². The van der Waals surface area contributed by atoms with E-state index in [1.54, 1.807) is 24.3 Å². The summed E-state index contributed by atoms with van der Waals surface area (Å²) in [6.07, 6.45) is 2.05. The molecule has 0 spiro atoms. The van der Waals surface area contributed by atoms with Crippen LogP contribution in [0.25, 0.3) is 0 Å². The molecule has 0 fully saturated rings. The number of hydrogen-bond donors (Lipinski definition) is 1. The fraction of sp³-hybridized carbons (Fsp3) is 0.111. The van der Waals surface area contributed by atoms with Gasteiger partial charge >= 0.3 is 0 Å². The SMILES string of the molecule is CC1C=C(Br)C(c2cccc(NC(=O)c3ccc(Cl)cc3)c2)=N1. The van der Waals surface area contributed by atoms with Crippen LogP contribution in [0.15, 0.2) is 64.1 Å². The zero-order valence-corrected chi connectivity index (χ0v) is 14.7. The van der Waals surface area contributed by atoms with Gasteiger partial charge in [0.05, 0.1) is 11.8 Å². The molecule has 116 valence electrons. The average Bonchev–Trinajstić information content (AvgIpc) is 2.87. The molecular weight excluding hydrogens is 376 g/mol. The monoisotopic (exact) mass is 388 g/mol. The quantitative estimate of drug-likeness (QED) is 0.783. The molecule has 0 bridgehead atoms. The Hall–Kier alpha value is -1.91. The van der Waals surface area contributed by atoms with Crippen LogP contribution in [-0.4, -0.2) is 17.7 Å². The smallest absolute Gasteiger partial charge is 0.255 e. The summed E-state index contributed by atoms with van der Waals surface area (Å²) in [6, 6.07) is 14.6. The van der Waals surface area contributed by atoms with Crippen LogP contribution < -0.4 is 5.32 Å². The van der Waals surface area contributed by atoms with Crippen LogP contribution in [0.3, 0.4) is 0 Å². The minimum absolute atomic E-state index is 0.159. The van der Waals surface area contributed by atoms with Crippen LogP contribution >= 0.6 is 27.5 Å². The number of nitrogens with zero attached hydrogens (tertiary/aromatic N) is 1. The van der Waals surface area contributed by atoms with Gasteiger partial charge < -0.3 is 5.32 Å². The highest BCUT2D eigenvalue weighted by atomic mass is 79.9. The van der Waals surface area contributed by atoms with Gasteiger partial charge in [-0.05, 0) is 65.3 Å². The molecule has 0 radical (unpaired) electrons. The molecule has 1 aliphatic rings. The molecule has 2 aromatic rings. The van der Waals surface area contributed by atoms with Crippen LogP contribution in [0.4, 0.5) is 5.69 Å². The predicted octanol–water partition coefficient (Wildman–Crippen LogP) is 5.06. The van der Waals surface area contributed by atoms with Crippen molar-refractivity contribution in [2.75, 3.05) is 5.32 Å². The molecule has 1 heterocycles. The third kappa shape index (κ3) is 3.71. The van der Waals surface area contributed by atoms with Crippen LogP contribution in [0.5, 0.6) is 0 Å². The number of anilines is 1. The zero-order chi connectivity index (χ0) is 16.4. The summed E-state index contributed by atoms with van der Waals surface area (Å²) in [7, 11) is 0. The fourth-order valence-electron chi connectivity index (χ4n) is 2.35. The van der Waals surface area contributed by atoms with Gasteiger partial charge in [0.1, 0.15) is 0 Å². The van der Waals surface area contributed by atoms with E-state index in [1.165, 1.54) is 0 Å². The van der Waals surface area contributed by atoms with Crippen molar-refractivity contribution in [1.82, 2.24) is 0 Å². The van der Waals surface area contributed by atoms with E-state index in [0.717, 1.165) is 21.4 Å². The van der Waals surface area contributed by atoms with Gasteiger partial charge in [0, 0.05) is 26.3 Å². The third-order valence-electron chi connectivity index (χ3n) is 3.45. The van der Waals surface area contributed by atoms with Crippen molar-refractivity contribution in [2.24, 2.45) is 4.99 Å². The molecule has 1 N–H and O–H groups in total. The van der Waals surface area contributed by atoms with Crippen molar-refractivity contribution >= 4 is 44.8 Å². The molecule has 2 aromatic carbocycles. The Labute approximate surface area is 148 Å². The molecule has 1 amide bonds. The van der Waals surface area contributed by atoms with Gasteiger partial charge in [0.2, 0.25) is 0 Å². The van der Waals surface area contributed by atoms with E-state index in [9.17, 15) is 4.79 Å². The molecule has 0 aliphatic carbocycles. The molecule has 1 atom stereocenters. The maximum atomic E-state index is 12.3. The number of allylic oxidation sites excluding steroid dienone is 1. The third-order valence-corrected chi connectivity index (χ3v) is 4.34. The van der Waals surface area contributed by atoms with E-state index in [1.807, 2.05) is 37.3 Å². The maximum Gasteiger partial charge on any atom is 0.255 e. The zero-order valence-electron chi connectivity index (χ0n) is 12.4. The largest absolute Gasteiger partial charge is 0.322 e. The summed E-state index contributed by atoms with van der Waals surface area (Å²) >= 11 is 9.37. The number of halogens is 2. The Morgan fingerprint density at radius 1 is 1.22 bits per heavy atom. The summed E-state index contributed by atoms with van der Waals surface area (Å²) in [4.78, 5) is 16.8. The first-order chi connectivity index (χ1) is 11.0. The van der Waals surface area contributed by atoms with Gasteiger partial charge in [-0.2, -0.15) is 0 Å². The molecule has 23 heavy (non-hydrogen) atoms. The first-order valence-corrected chi connectivity index (χ1v) is 8.33. The lowest BCUT2D eigenvalue weighted by molar-refractivity contribution is 0.102. The highest BCUT2D eigenvalue weighted by Crippen LogP contribution is 2.25. The number of carbonyl (C=O) groups excluding carboxylic acids is 1. The van der Waals surface area contributed by atoms with Crippen molar-refractivity contribution in [2.45, 2.75) is 13.0 Å². The van der Waals surface area contributed by atoms with Gasteiger partial charge in [0.25, 0.3) is 5.91 Å². The number of rotatable bonds is 3. The number of aliphatic imine (C=N–C) groups is 1. The first-order valence-electron chi connectivity index (χ1n) is 7.16. The van der Waals surface area contributed by atoms with Crippen LogP contribution in [-0.2, 0) is 0 Å². The van der Waals surface area contributed by atoms with Gasteiger partial charge in [-0.3, -0.25) is 9.79 Å². The number of nitrogens with one attached hydrogen (secondary N) is 1. The number of carbonyl (C=O) groups is 1. The lowest BCUT2D eigenvalue weighted by Gasteiger charge is -2.08. The van der Waals surface area contributed by atoms with Crippen molar-refractivity contribution in [3.63, 3.8) is 0 Å². The topological polar surface area (TPSA) is 41.5 Å². The van der Waals surface area contributed by atoms with Gasteiger partial charge in [-0.1, -0.05) is 23.7 Å². The Kier molecular flexibility index (Phi) is 4.64. The van der Waals surface area contributed by atoms with E-state index in [4.69, 9.17) is 11.6 Å². The van der Waals surface area contributed by atoms with Crippen molar-refractivity contribution < 1.29 is 4.79 Å². The molecule has 1 unspecified atom stereocenters. The molecule has 5 heteroatoms. The van der Waals surface area contributed by atoms with Crippen LogP contribution in [0, 0.1) is 0 Å². The number of amides is 1.